The van der Waals surface area contributed by atoms with Crippen molar-refractivity contribution < 1.29 is 9.53 Å². The Morgan fingerprint density at radius 3 is 2.57 bits per heavy atom. The standard InChI is InChI=1S/C11H21NO2/c1-3-12(8-11(13)9-14-2)10-6-4-5-7-10/h10H,3-9H2,1-2H3. The number of ether oxygens (including phenoxy) is 1. The van der Waals surface area contributed by atoms with Gasteiger partial charge in [-0.2, -0.15) is 0 Å². The van der Waals surface area contributed by atoms with Crippen LogP contribution in [0.4, 0.5) is 0 Å². The van der Waals surface area contributed by atoms with Gasteiger partial charge in [0.05, 0.1) is 6.54 Å². The molecule has 0 radical (unpaired) electrons. The van der Waals surface area contributed by atoms with Crippen LogP contribution in [0.2, 0.25) is 0 Å². The van der Waals surface area contributed by atoms with Gasteiger partial charge in [-0.3, -0.25) is 9.69 Å². The number of hydrogen-bond donors (Lipinski definition) is 0. The molecule has 0 saturated heterocycles. The summed E-state index contributed by atoms with van der Waals surface area (Å²) in [6, 6.07) is 0.640. The molecule has 0 heterocycles. The van der Waals surface area contributed by atoms with E-state index >= 15 is 0 Å². The van der Waals surface area contributed by atoms with Crippen molar-refractivity contribution in [1.82, 2.24) is 4.90 Å². The summed E-state index contributed by atoms with van der Waals surface area (Å²) in [7, 11) is 1.57. The molecule has 0 N–H and O–H groups in total. The first-order valence-electron chi connectivity index (χ1n) is 5.52. The van der Waals surface area contributed by atoms with Crippen LogP contribution < -0.4 is 0 Å². The first-order chi connectivity index (χ1) is 6.77. The van der Waals surface area contributed by atoms with Gasteiger partial charge in [-0.25, -0.2) is 0 Å². The summed E-state index contributed by atoms with van der Waals surface area (Å²) in [4.78, 5) is 13.7. The molecule has 0 aromatic rings. The number of hydrogen-bond acceptors (Lipinski definition) is 3. The zero-order valence-corrected chi connectivity index (χ0v) is 9.29. The highest BCUT2D eigenvalue weighted by Gasteiger charge is 2.22. The van der Waals surface area contributed by atoms with Crippen LogP contribution in [0.5, 0.6) is 0 Å². The molecule has 1 saturated carbocycles. The highest BCUT2D eigenvalue weighted by atomic mass is 16.5. The molecule has 0 unspecified atom stereocenters. The third kappa shape index (κ3) is 3.39. The lowest BCUT2D eigenvalue weighted by molar-refractivity contribution is -0.124. The molecule has 0 spiro atoms. The Morgan fingerprint density at radius 1 is 1.43 bits per heavy atom. The third-order valence-corrected chi connectivity index (χ3v) is 2.93. The lowest BCUT2D eigenvalue weighted by Crippen LogP contribution is -2.38. The Morgan fingerprint density at radius 2 is 2.07 bits per heavy atom. The molecule has 14 heavy (non-hydrogen) atoms. The highest BCUT2D eigenvalue weighted by molar-refractivity contribution is 5.81. The summed E-state index contributed by atoms with van der Waals surface area (Å²) in [6.07, 6.45) is 5.15. The van der Waals surface area contributed by atoms with Gasteiger partial charge >= 0.3 is 0 Å². The van der Waals surface area contributed by atoms with Crippen molar-refractivity contribution in [3.05, 3.63) is 0 Å². The van der Waals surface area contributed by atoms with Crippen molar-refractivity contribution >= 4 is 5.78 Å². The summed E-state index contributed by atoms with van der Waals surface area (Å²) in [6.45, 7) is 3.91. The third-order valence-electron chi connectivity index (χ3n) is 2.93. The summed E-state index contributed by atoms with van der Waals surface area (Å²) < 4.78 is 4.84. The van der Waals surface area contributed by atoms with Crippen LogP contribution in [-0.4, -0.2) is 43.5 Å². The van der Waals surface area contributed by atoms with E-state index in [2.05, 4.69) is 11.8 Å². The normalized spacial score (nSPS) is 17.9. The van der Waals surface area contributed by atoms with Gasteiger partial charge < -0.3 is 4.74 Å². The predicted molar refractivity (Wildman–Crippen MR) is 56.4 cm³/mol. The summed E-state index contributed by atoms with van der Waals surface area (Å²) in [5.41, 5.74) is 0. The van der Waals surface area contributed by atoms with E-state index in [1.54, 1.807) is 7.11 Å². The minimum absolute atomic E-state index is 0.196. The Bertz CT molecular complexity index is 176. The summed E-state index contributed by atoms with van der Waals surface area (Å²) >= 11 is 0. The average Bonchev–Trinajstić information content (AvgIpc) is 2.67. The Labute approximate surface area is 86.4 Å². The minimum Gasteiger partial charge on any atom is -0.377 e. The number of carbonyl (C=O) groups excluding carboxylic acids is 1. The van der Waals surface area contributed by atoms with Crippen LogP contribution in [0, 0.1) is 0 Å². The molecule has 1 rings (SSSR count). The summed E-state index contributed by atoms with van der Waals surface area (Å²) in [5, 5.41) is 0. The number of methoxy groups -OCH3 is 1. The molecule has 1 fully saturated rings. The van der Waals surface area contributed by atoms with E-state index in [0.717, 1.165) is 6.54 Å². The van der Waals surface area contributed by atoms with Gasteiger partial charge in [-0.15, -0.1) is 0 Å². The van der Waals surface area contributed by atoms with E-state index in [-0.39, 0.29) is 12.4 Å². The lowest BCUT2D eigenvalue weighted by atomic mass is 10.2. The van der Waals surface area contributed by atoms with E-state index in [4.69, 9.17) is 4.74 Å². The van der Waals surface area contributed by atoms with Crippen LogP contribution >= 0.6 is 0 Å². The molecule has 1 aliphatic carbocycles. The highest BCUT2D eigenvalue weighted by Crippen LogP contribution is 2.22. The van der Waals surface area contributed by atoms with Gasteiger partial charge in [0.15, 0.2) is 5.78 Å². The molecule has 0 aromatic heterocycles. The fourth-order valence-electron chi connectivity index (χ4n) is 2.20. The van der Waals surface area contributed by atoms with Crippen molar-refractivity contribution in [2.45, 2.75) is 38.6 Å². The smallest absolute Gasteiger partial charge is 0.172 e. The second-order valence-electron chi connectivity index (χ2n) is 3.97. The number of rotatable bonds is 6. The van der Waals surface area contributed by atoms with Crippen molar-refractivity contribution in [2.24, 2.45) is 0 Å². The maximum absolute atomic E-state index is 11.4. The number of carbonyl (C=O) groups is 1. The van der Waals surface area contributed by atoms with E-state index in [9.17, 15) is 4.79 Å². The monoisotopic (exact) mass is 199 g/mol. The Hall–Kier alpha value is -0.410. The van der Waals surface area contributed by atoms with E-state index in [0.29, 0.717) is 12.6 Å². The van der Waals surface area contributed by atoms with Gasteiger partial charge in [0.2, 0.25) is 0 Å². The Balaban J connectivity index is 2.33. The molecular formula is C11H21NO2. The van der Waals surface area contributed by atoms with Gasteiger partial charge in [-0.1, -0.05) is 19.8 Å². The van der Waals surface area contributed by atoms with Crippen molar-refractivity contribution in [2.75, 3.05) is 26.8 Å². The SMILES string of the molecule is CCN(CC(=O)COC)C1CCCC1. The van der Waals surface area contributed by atoms with Crippen LogP contribution in [-0.2, 0) is 9.53 Å². The maximum atomic E-state index is 11.4. The average molecular weight is 199 g/mol. The largest absolute Gasteiger partial charge is 0.377 e. The van der Waals surface area contributed by atoms with E-state index < -0.39 is 0 Å². The first-order valence-corrected chi connectivity index (χ1v) is 5.52. The zero-order valence-electron chi connectivity index (χ0n) is 9.29. The molecule has 1 aliphatic rings. The minimum atomic E-state index is 0.196. The molecule has 0 atom stereocenters. The zero-order chi connectivity index (χ0) is 10.4. The topological polar surface area (TPSA) is 29.5 Å². The van der Waals surface area contributed by atoms with E-state index in [1.165, 1.54) is 25.7 Å². The number of Topliss-reactive ketones (excluding diaryl/α,β-unsaturated/α-hetero) is 1. The van der Waals surface area contributed by atoms with Crippen molar-refractivity contribution in [3.63, 3.8) is 0 Å². The molecule has 82 valence electrons. The van der Waals surface area contributed by atoms with Crippen molar-refractivity contribution in [3.8, 4) is 0 Å². The van der Waals surface area contributed by atoms with E-state index in [1.807, 2.05) is 0 Å². The van der Waals surface area contributed by atoms with Crippen LogP contribution in [0.25, 0.3) is 0 Å². The number of likely N-dealkylation sites (N-methyl/N-ethyl adjacent to an activating group) is 1. The maximum Gasteiger partial charge on any atom is 0.172 e. The Kier molecular flexibility index (Phi) is 5.12. The summed E-state index contributed by atoms with van der Waals surface area (Å²) in [5.74, 6) is 0.196. The molecule has 3 heteroatoms. The fraction of sp³-hybridized carbons (Fsp3) is 0.909. The van der Waals surface area contributed by atoms with Crippen LogP contribution in [0.15, 0.2) is 0 Å². The first kappa shape index (κ1) is 11.7. The molecular weight excluding hydrogens is 178 g/mol. The molecule has 3 nitrogen and oxygen atoms in total. The van der Waals surface area contributed by atoms with Gasteiger partial charge in [-0.05, 0) is 19.4 Å². The van der Waals surface area contributed by atoms with Crippen molar-refractivity contribution in [1.29, 1.82) is 0 Å². The van der Waals surface area contributed by atoms with Crippen LogP contribution in [0.1, 0.15) is 32.6 Å². The second-order valence-corrected chi connectivity index (χ2v) is 3.97. The lowest BCUT2D eigenvalue weighted by Gasteiger charge is -2.26. The molecule has 0 amide bonds. The fourth-order valence-corrected chi connectivity index (χ4v) is 2.20. The number of nitrogens with zero attached hydrogens (tertiary/aromatic N) is 1. The molecule has 0 aliphatic heterocycles. The molecule has 0 bridgehead atoms. The van der Waals surface area contributed by atoms with Gasteiger partial charge in [0.25, 0.3) is 0 Å². The number of ketones is 1. The van der Waals surface area contributed by atoms with Gasteiger partial charge in [0.1, 0.15) is 6.61 Å². The second kappa shape index (κ2) is 6.14. The van der Waals surface area contributed by atoms with Crippen LogP contribution in [0.3, 0.4) is 0 Å². The van der Waals surface area contributed by atoms with Gasteiger partial charge in [0, 0.05) is 13.2 Å². The predicted octanol–water partition coefficient (Wildman–Crippen LogP) is 1.47. The molecule has 0 aromatic carbocycles. The quantitative estimate of drug-likeness (QED) is 0.648.